The first kappa shape index (κ1) is 16.6. The zero-order chi connectivity index (χ0) is 15.0. The number of esters is 1. The van der Waals surface area contributed by atoms with Crippen LogP contribution in [0.5, 0.6) is 0 Å². The first-order valence-electron chi connectivity index (χ1n) is 6.79. The number of aliphatic hydroxyl groups is 1. The molecule has 0 aliphatic heterocycles. The van der Waals surface area contributed by atoms with Crippen molar-refractivity contribution in [1.82, 2.24) is 4.90 Å². The van der Waals surface area contributed by atoms with Gasteiger partial charge in [0.1, 0.15) is 0 Å². The van der Waals surface area contributed by atoms with Crippen LogP contribution in [-0.2, 0) is 16.1 Å². The Kier molecular flexibility index (Phi) is 7.22. The summed E-state index contributed by atoms with van der Waals surface area (Å²) in [7, 11) is 3.32. The van der Waals surface area contributed by atoms with Crippen molar-refractivity contribution in [2.24, 2.45) is 5.73 Å². The van der Waals surface area contributed by atoms with Crippen molar-refractivity contribution < 1.29 is 14.6 Å². The van der Waals surface area contributed by atoms with Crippen molar-refractivity contribution in [3.05, 3.63) is 35.4 Å². The average Bonchev–Trinajstić information content (AvgIpc) is 2.47. The molecule has 112 valence electrons. The van der Waals surface area contributed by atoms with Gasteiger partial charge < -0.3 is 20.5 Å². The molecular weight excluding hydrogens is 256 g/mol. The number of rotatable bonds is 8. The zero-order valence-corrected chi connectivity index (χ0v) is 12.2. The molecule has 0 heterocycles. The van der Waals surface area contributed by atoms with E-state index in [2.05, 4.69) is 4.74 Å². The number of benzene rings is 1. The van der Waals surface area contributed by atoms with Crippen LogP contribution >= 0.6 is 0 Å². The monoisotopic (exact) mass is 280 g/mol. The van der Waals surface area contributed by atoms with E-state index in [1.807, 2.05) is 36.2 Å². The minimum absolute atomic E-state index is 0.198. The molecule has 1 aromatic rings. The van der Waals surface area contributed by atoms with E-state index in [-0.39, 0.29) is 5.97 Å². The molecule has 0 fully saturated rings. The van der Waals surface area contributed by atoms with Crippen LogP contribution in [0.2, 0.25) is 0 Å². The van der Waals surface area contributed by atoms with Crippen LogP contribution in [0.25, 0.3) is 0 Å². The molecule has 1 unspecified atom stereocenters. The fourth-order valence-electron chi connectivity index (χ4n) is 1.96. The second-order valence-electron chi connectivity index (χ2n) is 4.90. The van der Waals surface area contributed by atoms with Gasteiger partial charge in [-0.25, -0.2) is 0 Å². The summed E-state index contributed by atoms with van der Waals surface area (Å²) in [6, 6.07) is 7.65. The lowest BCUT2D eigenvalue weighted by Crippen LogP contribution is -2.26. The summed E-state index contributed by atoms with van der Waals surface area (Å²) in [6.07, 6.45) is 0.592. The Bertz CT molecular complexity index is 406. The summed E-state index contributed by atoms with van der Waals surface area (Å²) >= 11 is 0. The van der Waals surface area contributed by atoms with Gasteiger partial charge in [-0.15, -0.1) is 0 Å². The largest absolute Gasteiger partial charge is 0.469 e. The van der Waals surface area contributed by atoms with E-state index in [0.717, 1.165) is 24.1 Å². The summed E-state index contributed by atoms with van der Waals surface area (Å²) in [4.78, 5) is 13.0. The highest BCUT2D eigenvalue weighted by Gasteiger charge is 2.11. The quantitative estimate of drug-likeness (QED) is 0.697. The van der Waals surface area contributed by atoms with Gasteiger partial charge >= 0.3 is 5.97 Å². The maximum Gasteiger partial charge on any atom is 0.305 e. The van der Waals surface area contributed by atoms with Crippen molar-refractivity contribution in [1.29, 1.82) is 0 Å². The Morgan fingerprint density at radius 2 is 2.05 bits per heavy atom. The second kappa shape index (κ2) is 8.68. The molecule has 0 aliphatic rings. The summed E-state index contributed by atoms with van der Waals surface area (Å²) in [6.45, 7) is 1.78. The van der Waals surface area contributed by atoms with Gasteiger partial charge in [-0.1, -0.05) is 24.3 Å². The fourth-order valence-corrected chi connectivity index (χ4v) is 1.96. The molecule has 20 heavy (non-hydrogen) atoms. The predicted octanol–water partition coefficient (Wildman–Crippen LogP) is 1.06. The van der Waals surface area contributed by atoms with Gasteiger partial charge in [0.25, 0.3) is 0 Å². The summed E-state index contributed by atoms with van der Waals surface area (Å²) < 4.78 is 4.59. The highest BCUT2D eigenvalue weighted by Crippen LogP contribution is 2.15. The van der Waals surface area contributed by atoms with Gasteiger partial charge in [-0.3, -0.25) is 4.79 Å². The third kappa shape index (κ3) is 5.69. The number of ether oxygens (including phenoxy) is 1. The highest BCUT2D eigenvalue weighted by molar-refractivity contribution is 5.69. The third-order valence-electron chi connectivity index (χ3n) is 3.23. The van der Waals surface area contributed by atoms with Crippen molar-refractivity contribution in [3.8, 4) is 0 Å². The molecule has 1 rings (SSSR count). The second-order valence-corrected chi connectivity index (χ2v) is 4.90. The van der Waals surface area contributed by atoms with Crippen molar-refractivity contribution in [3.63, 3.8) is 0 Å². The SMILES string of the molecule is COC(=O)CCCN(C)CC(O)c1ccc(CN)cc1. The van der Waals surface area contributed by atoms with Crippen molar-refractivity contribution >= 4 is 5.97 Å². The molecule has 0 aromatic heterocycles. The molecule has 0 spiro atoms. The fraction of sp³-hybridized carbons (Fsp3) is 0.533. The highest BCUT2D eigenvalue weighted by atomic mass is 16.5. The van der Waals surface area contributed by atoms with Gasteiger partial charge in [-0.2, -0.15) is 0 Å². The van der Waals surface area contributed by atoms with Crippen LogP contribution in [0.15, 0.2) is 24.3 Å². The standard InChI is InChI=1S/C15H24N2O3/c1-17(9-3-4-15(19)20-2)11-14(18)13-7-5-12(10-16)6-8-13/h5-8,14,18H,3-4,9-11,16H2,1-2H3. The number of hydrogen-bond donors (Lipinski definition) is 2. The van der Waals surface area contributed by atoms with Crippen LogP contribution in [0.4, 0.5) is 0 Å². The van der Waals surface area contributed by atoms with E-state index < -0.39 is 6.10 Å². The van der Waals surface area contributed by atoms with Crippen molar-refractivity contribution in [2.45, 2.75) is 25.5 Å². The number of nitrogens with two attached hydrogens (primary N) is 1. The zero-order valence-electron chi connectivity index (χ0n) is 12.2. The molecule has 0 radical (unpaired) electrons. The van der Waals surface area contributed by atoms with Crippen LogP contribution in [0.3, 0.4) is 0 Å². The molecule has 0 bridgehead atoms. The molecule has 0 saturated carbocycles. The lowest BCUT2D eigenvalue weighted by molar-refractivity contribution is -0.140. The first-order valence-corrected chi connectivity index (χ1v) is 6.79. The van der Waals surface area contributed by atoms with Gasteiger partial charge in [-0.05, 0) is 31.1 Å². The lowest BCUT2D eigenvalue weighted by atomic mass is 10.1. The van der Waals surface area contributed by atoms with Gasteiger partial charge in [0.15, 0.2) is 0 Å². The Morgan fingerprint density at radius 3 is 2.60 bits per heavy atom. The Hall–Kier alpha value is -1.43. The predicted molar refractivity (Wildman–Crippen MR) is 78.0 cm³/mol. The Balaban J connectivity index is 2.36. The van der Waals surface area contributed by atoms with Crippen LogP contribution in [0.1, 0.15) is 30.1 Å². The molecule has 3 N–H and O–H groups in total. The number of aliphatic hydroxyl groups excluding tert-OH is 1. The molecule has 0 amide bonds. The lowest BCUT2D eigenvalue weighted by Gasteiger charge is -2.20. The molecular formula is C15H24N2O3. The van der Waals surface area contributed by atoms with E-state index in [0.29, 0.717) is 19.5 Å². The van der Waals surface area contributed by atoms with E-state index in [1.165, 1.54) is 7.11 Å². The minimum atomic E-state index is -0.537. The number of likely N-dealkylation sites (N-methyl/N-ethyl adjacent to an activating group) is 1. The summed E-state index contributed by atoms with van der Waals surface area (Å²) in [5, 5.41) is 10.1. The van der Waals surface area contributed by atoms with Crippen molar-refractivity contribution in [2.75, 3.05) is 27.2 Å². The Labute approximate surface area is 120 Å². The smallest absolute Gasteiger partial charge is 0.305 e. The van der Waals surface area contributed by atoms with E-state index in [1.54, 1.807) is 0 Å². The minimum Gasteiger partial charge on any atom is -0.469 e. The maximum atomic E-state index is 11.0. The number of carbonyl (C=O) groups is 1. The van der Waals surface area contributed by atoms with Gasteiger partial charge in [0.05, 0.1) is 13.2 Å². The summed E-state index contributed by atoms with van der Waals surface area (Å²) in [5.41, 5.74) is 7.46. The van der Waals surface area contributed by atoms with Crippen LogP contribution in [-0.4, -0.2) is 43.2 Å². The molecule has 5 nitrogen and oxygen atoms in total. The normalized spacial score (nSPS) is 12.4. The van der Waals surface area contributed by atoms with Gasteiger partial charge in [0, 0.05) is 19.5 Å². The van der Waals surface area contributed by atoms with Gasteiger partial charge in [0.2, 0.25) is 0 Å². The number of hydrogen-bond acceptors (Lipinski definition) is 5. The molecule has 0 saturated heterocycles. The van der Waals surface area contributed by atoms with Crippen LogP contribution < -0.4 is 5.73 Å². The average molecular weight is 280 g/mol. The summed E-state index contributed by atoms with van der Waals surface area (Å²) in [5.74, 6) is -0.198. The number of methoxy groups -OCH3 is 1. The topological polar surface area (TPSA) is 75.8 Å². The first-order chi connectivity index (χ1) is 9.56. The van der Waals surface area contributed by atoms with E-state index >= 15 is 0 Å². The number of carbonyl (C=O) groups excluding carboxylic acids is 1. The Morgan fingerprint density at radius 1 is 1.40 bits per heavy atom. The van der Waals surface area contributed by atoms with E-state index in [4.69, 9.17) is 5.73 Å². The molecule has 1 aromatic carbocycles. The molecule has 1 atom stereocenters. The third-order valence-corrected chi connectivity index (χ3v) is 3.23. The molecule has 0 aliphatic carbocycles. The number of nitrogens with zero attached hydrogens (tertiary/aromatic N) is 1. The van der Waals surface area contributed by atoms with Crippen LogP contribution in [0, 0.1) is 0 Å². The van der Waals surface area contributed by atoms with E-state index in [9.17, 15) is 9.90 Å². The maximum absolute atomic E-state index is 11.0. The molecule has 5 heteroatoms.